The van der Waals surface area contributed by atoms with Crippen LogP contribution in [0.4, 0.5) is 0 Å². The Bertz CT molecular complexity index is 427. The van der Waals surface area contributed by atoms with E-state index >= 15 is 0 Å². The fraction of sp³-hybridized carbons (Fsp3) is 0.667. The van der Waals surface area contributed by atoms with Gasteiger partial charge >= 0.3 is 0 Å². The lowest BCUT2D eigenvalue weighted by Gasteiger charge is -2.31. The fourth-order valence-electron chi connectivity index (χ4n) is 3.21. The fourth-order valence-corrected chi connectivity index (χ4v) is 3.21. The van der Waals surface area contributed by atoms with Gasteiger partial charge in [-0.25, -0.2) is 0 Å². The van der Waals surface area contributed by atoms with Crippen molar-refractivity contribution in [2.75, 3.05) is 26.7 Å². The molecule has 3 heteroatoms. The lowest BCUT2D eigenvalue weighted by molar-refractivity contribution is 0.215. The van der Waals surface area contributed by atoms with Crippen LogP contribution in [0.15, 0.2) is 18.2 Å². The van der Waals surface area contributed by atoms with Gasteiger partial charge in [0.05, 0.1) is 7.11 Å². The maximum absolute atomic E-state index is 5.53. The second-order valence-electron chi connectivity index (χ2n) is 6.20. The number of hydrogen-bond acceptors (Lipinski definition) is 3. The lowest BCUT2D eigenvalue weighted by atomic mass is 10.0. The van der Waals surface area contributed by atoms with E-state index in [4.69, 9.17) is 4.74 Å². The number of nitrogens with one attached hydrogen (secondary N) is 1. The van der Waals surface area contributed by atoms with Gasteiger partial charge in [0, 0.05) is 24.7 Å². The highest BCUT2D eigenvalue weighted by molar-refractivity contribution is 5.36. The van der Waals surface area contributed by atoms with E-state index < -0.39 is 0 Å². The van der Waals surface area contributed by atoms with E-state index in [1.807, 2.05) is 0 Å². The first-order valence-electron chi connectivity index (χ1n) is 8.32. The third kappa shape index (κ3) is 5.01. The minimum atomic E-state index is 0.654. The molecule has 1 fully saturated rings. The summed E-state index contributed by atoms with van der Waals surface area (Å²) in [5, 5.41) is 3.66. The van der Waals surface area contributed by atoms with Gasteiger partial charge in [0.25, 0.3) is 0 Å². The van der Waals surface area contributed by atoms with E-state index in [2.05, 4.69) is 42.3 Å². The van der Waals surface area contributed by atoms with Gasteiger partial charge in [-0.3, -0.25) is 4.90 Å². The van der Waals surface area contributed by atoms with Crippen LogP contribution in [0.1, 0.15) is 43.7 Å². The zero-order chi connectivity index (χ0) is 15.1. The van der Waals surface area contributed by atoms with E-state index in [1.165, 1.54) is 43.4 Å². The first-order chi connectivity index (χ1) is 10.2. The van der Waals surface area contributed by atoms with Crippen LogP contribution in [0.25, 0.3) is 0 Å². The molecule has 0 radical (unpaired) electrons. The number of nitrogens with zero attached hydrogens (tertiary/aromatic N) is 1. The maximum atomic E-state index is 5.53. The van der Waals surface area contributed by atoms with Crippen LogP contribution >= 0.6 is 0 Å². The summed E-state index contributed by atoms with van der Waals surface area (Å²) in [6.45, 7) is 8.86. The predicted molar refractivity (Wildman–Crippen MR) is 88.9 cm³/mol. The Morgan fingerprint density at radius 3 is 2.86 bits per heavy atom. The highest BCUT2D eigenvalue weighted by atomic mass is 16.5. The molecule has 2 rings (SSSR count). The van der Waals surface area contributed by atoms with Crippen molar-refractivity contribution in [3.63, 3.8) is 0 Å². The van der Waals surface area contributed by atoms with Crippen molar-refractivity contribution in [2.45, 2.75) is 52.1 Å². The van der Waals surface area contributed by atoms with Crippen molar-refractivity contribution in [1.82, 2.24) is 10.2 Å². The first-order valence-corrected chi connectivity index (χ1v) is 8.32. The SMILES string of the molecule is CCCN(Cc1cc(C)ccc1OC)CC1CCCCN1. The number of benzene rings is 1. The molecule has 0 amide bonds. The average Bonchev–Trinajstić information content (AvgIpc) is 2.49. The second-order valence-corrected chi connectivity index (χ2v) is 6.20. The highest BCUT2D eigenvalue weighted by Crippen LogP contribution is 2.22. The summed E-state index contributed by atoms with van der Waals surface area (Å²) >= 11 is 0. The molecule has 0 aromatic heterocycles. The Morgan fingerprint density at radius 1 is 1.33 bits per heavy atom. The third-order valence-electron chi connectivity index (χ3n) is 4.26. The van der Waals surface area contributed by atoms with Gasteiger partial charge < -0.3 is 10.1 Å². The molecule has 1 heterocycles. The van der Waals surface area contributed by atoms with E-state index in [-0.39, 0.29) is 0 Å². The zero-order valence-electron chi connectivity index (χ0n) is 13.8. The lowest BCUT2D eigenvalue weighted by Crippen LogP contribution is -2.43. The third-order valence-corrected chi connectivity index (χ3v) is 4.26. The average molecular weight is 290 g/mol. The summed E-state index contributed by atoms with van der Waals surface area (Å²) in [4.78, 5) is 2.57. The van der Waals surface area contributed by atoms with Crippen LogP contribution in [0.2, 0.25) is 0 Å². The Balaban J connectivity index is 2.02. The molecule has 1 N–H and O–H groups in total. The Labute approximate surface area is 129 Å². The van der Waals surface area contributed by atoms with E-state index in [9.17, 15) is 0 Å². The van der Waals surface area contributed by atoms with Gasteiger partial charge in [0.1, 0.15) is 5.75 Å². The van der Waals surface area contributed by atoms with Gasteiger partial charge in [0.15, 0.2) is 0 Å². The quantitative estimate of drug-likeness (QED) is 0.833. The van der Waals surface area contributed by atoms with Crippen LogP contribution < -0.4 is 10.1 Å². The maximum Gasteiger partial charge on any atom is 0.123 e. The monoisotopic (exact) mass is 290 g/mol. The molecule has 1 atom stereocenters. The second kappa shape index (κ2) is 8.40. The van der Waals surface area contributed by atoms with E-state index in [0.717, 1.165) is 25.4 Å². The van der Waals surface area contributed by atoms with Crippen molar-refractivity contribution in [1.29, 1.82) is 0 Å². The molecule has 1 aliphatic heterocycles. The standard InChI is InChI=1S/C18H30N2O/c1-4-11-20(14-17-7-5-6-10-19-17)13-16-12-15(2)8-9-18(16)21-3/h8-9,12,17,19H,4-7,10-11,13-14H2,1-3H3. The van der Waals surface area contributed by atoms with E-state index in [0.29, 0.717) is 6.04 Å². The number of methoxy groups -OCH3 is 1. The molecule has 21 heavy (non-hydrogen) atoms. The molecular formula is C18H30N2O. The number of hydrogen-bond donors (Lipinski definition) is 1. The van der Waals surface area contributed by atoms with Crippen LogP contribution in [0, 0.1) is 6.92 Å². The summed E-state index contributed by atoms with van der Waals surface area (Å²) in [6.07, 6.45) is 5.20. The van der Waals surface area contributed by atoms with Crippen molar-refractivity contribution in [3.05, 3.63) is 29.3 Å². The number of aryl methyl sites for hydroxylation is 1. The topological polar surface area (TPSA) is 24.5 Å². The molecule has 0 aliphatic carbocycles. The minimum absolute atomic E-state index is 0.654. The molecule has 0 spiro atoms. The highest BCUT2D eigenvalue weighted by Gasteiger charge is 2.17. The minimum Gasteiger partial charge on any atom is -0.496 e. The van der Waals surface area contributed by atoms with Crippen molar-refractivity contribution >= 4 is 0 Å². The Morgan fingerprint density at radius 2 is 2.19 bits per heavy atom. The number of ether oxygens (including phenoxy) is 1. The normalized spacial score (nSPS) is 19.0. The molecule has 0 bridgehead atoms. The largest absolute Gasteiger partial charge is 0.496 e. The summed E-state index contributed by atoms with van der Waals surface area (Å²) < 4.78 is 5.53. The summed E-state index contributed by atoms with van der Waals surface area (Å²) in [6, 6.07) is 7.12. The Hall–Kier alpha value is -1.06. The van der Waals surface area contributed by atoms with Crippen molar-refractivity contribution < 1.29 is 4.74 Å². The van der Waals surface area contributed by atoms with Crippen molar-refractivity contribution in [2.24, 2.45) is 0 Å². The summed E-state index contributed by atoms with van der Waals surface area (Å²) in [5.74, 6) is 1.01. The van der Waals surface area contributed by atoms with Crippen LogP contribution in [0.3, 0.4) is 0 Å². The molecule has 1 unspecified atom stereocenters. The van der Waals surface area contributed by atoms with Crippen LogP contribution in [-0.2, 0) is 6.54 Å². The Kier molecular flexibility index (Phi) is 6.52. The molecule has 1 aromatic rings. The predicted octanol–water partition coefficient (Wildman–Crippen LogP) is 3.36. The number of piperidine rings is 1. The smallest absolute Gasteiger partial charge is 0.123 e. The van der Waals surface area contributed by atoms with Gasteiger partial charge in [-0.2, -0.15) is 0 Å². The van der Waals surface area contributed by atoms with Gasteiger partial charge in [-0.15, -0.1) is 0 Å². The molecule has 0 saturated carbocycles. The van der Waals surface area contributed by atoms with E-state index in [1.54, 1.807) is 7.11 Å². The van der Waals surface area contributed by atoms with Gasteiger partial charge in [0.2, 0.25) is 0 Å². The molecular weight excluding hydrogens is 260 g/mol. The molecule has 3 nitrogen and oxygen atoms in total. The molecule has 1 saturated heterocycles. The molecule has 1 aromatic carbocycles. The zero-order valence-corrected chi connectivity index (χ0v) is 13.8. The van der Waals surface area contributed by atoms with Gasteiger partial charge in [-0.1, -0.05) is 31.0 Å². The first kappa shape index (κ1) is 16.3. The van der Waals surface area contributed by atoms with Crippen LogP contribution in [0.5, 0.6) is 5.75 Å². The molecule has 118 valence electrons. The number of rotatable bonds is 7. The van der Waals surface area contributed by atoms with Crippen molar-refractivity contribution in [3.8, 4) is 5.75 Å². The van der Waals surface area contributed by atoms with Gasteiger partial charge in [-0.05, 0) is 45.3 Å². The summed E-state index contributed by atoms with van der Waals surface area (Å²) in [5.41, 5.74) is 2.61. The molecule has 1 aliphatic rings. The van der Waals surface area contributed by atoms with Crippen LogP contribution in [-0.4, -0.2) is 37.7 Å². The summed E-state index contributed by atoms with van der Waals surface area (Å²) in [7, 11) is 1.76.